The van der Waals surface area contributed by atoms with Crippen LogP contribution in [0, 0.1) is 9.77 Å². The van der Waals surface area contributed by atoms with Gasteiger partial charge in [-0.15, -0.1) is 0 Å². The number of thiophene rings is 1. The molecule has 0 unspecified atom stereocenters. The molecule has 1 radical (unpaired) electrons. The van der Waals surface area contributed by atoms with E-state index in [-0.39, 0.29) is 5.97 Å². The quantitative estimate of drug-likeness (QED) is 0.628. The maximum Gasteiger partial charge on any atom is 0.344 e. The van der Waals surface area contributed by atoms with Gasteiger partial charge >= 0.3 is 5.97 Å². The van der Waals surface area contributed by atoms with Gasteiger partial charge in [0.2, 0.25) is 0 Å². The van der Waals surface area contributed by atoms with Crippen LogP contribution in [0.2, 0.25) is 0 Å². The molecule has 0 saturated heterocycles. The maximum absolute atomic E-state index is 11.6. The van der Waals surface area contributed by atoms with E-state index in [1.54, 1.807) is 23.7 Å². The number of carbonyl (C=O) groups is 1. The smallest absolute Gasteiger partial charge is 0.344 e. The number of carbonyl (C=O) groups excluding carboxylic acids is 1. The highest BCUT2D eigenvalue weighted by atomic mass is 127. The van der Waals surface area contributed by atoms with Crippen LogP contribution < -0.4 is 4.74 Å². The summed E-state index contributed by atoms with van der Waals surface area (Å²) in [5.74, 6) is 0.135. The predicted molar refractivity (Wildman–Crippen MR) is 65.1 cm³/mol. The highest BCUT2D eigenvalue weighted by Crippen LogP contribution is 2.20. The summed E-state index contributed by atoms with van der Waals surface area (Å²) in [7, 11) is 0. The van der Waals surface area contributed by atoms with Crippen molar-refractivity contribution in [2.75, 3.05) is 0 Å². The number of ether oxygens (including phenoxy) is 1. The van der Waals surface area contributed by atoms with Gasteiger partial charge in [0, 0.05) is 17.6 Å². The van der Waals surface area contributed by atoms with Crippen molar-refractivity contribution < 1.29 is 9.53 Å². The van der Waals surface area contributed by atoms with Crippen LogP contribution in [0.4, 0.5) is 0 Å². The summed E-state index contributed by atoms with van der Waals surface area (Å²) in [4.78, 5) is 15.4. The number of rotatable bonds is 2. The SMILES string of the molecule is O=C(Oc1c[c]ncc1I)c1ccsc1. The van der Waals surface area contributed by atoms with Crippen LogP contribution in [0.3, 0.4) is 0 Å². The van der Waals surface area contributed by atoms with Gasteiger partial charge in [0.25, 0.3) is 0 Å². The average Bonchev–Trinajstić information content (AvgIpc) is 2.74. The first-order chi connectivity index (χ1) is 7.27. The number of halogens is 1. The van der Waals surface area contributed by atoms with Crippen LogP contribution in [0.25, 0.3) is 0 Å². The minimum absolute atomic E-state index is 0.353. The Kier molecular flexibility index (Phi) is 3.32. The van der Waals surface area contributed by atoms with Gasteiger partial charge in [-0.2, -0.15) is 11.3 Å². The molecule has 0 spiro atoms. The van der Waals surface area contributed by atoms with E-state index in [0.29, 0.717) is 11.3 Å². The third kappa shape index (κ3) is 2.54. The molecule has 0 amide bonds. The third-order valence-electron chi connectivity index (χ3n) is 1.64. The number of nitrogens with zero attached hydrogens (tertiary/aromatic N) is 1. The molecule has 0 aliphatic rings. The molecule has 0 atom stereocenters. The molecular weight excluding hydrogens is 325 g/mol. The summed E-state index contributed by atoms with van der Waals surface area (Å²) in [6, 6.07) is 3.27. The van der Waals surface area contributed by atoms with Gasteiger partial charge in [-0.05, 0) is 34.0 Å². The first-order valence-electron chi connectivity index (χ1n) is 4.03. The Balaban J connectivity index is 2.17. The van der Waals surface area contributed by atoms with E-state index in [0.717, 1.165) is 3.57 Å². The Bertz CT molecular complexity index is 470. The largest absolute Gasteiger partial charge is 0.422 e. The monoisotopic (exact) mass is 330 g/mol. The lowest BCUT2D eigenvalue weighted by atomic mass is 10.3. The van der Waals surface area contributed by atoms with Crippen LogP contribution in [0.1, 0.15) is 10.4 Å². The third-order valence-corrected chi connectivity index (χ3v) is 3.14. The summed E-state index contributed by atoms with van der Waals surface area (Å²) < 4.78 is 5.97. The van der Waals surface area contributed by atoms with Crippen molar-refractivity contribution in [3.8, 4) is 5.75 Å². The van der Waals surface area contributed by atoms with Crippen molar-refractivity contribution in [3.63, 3.8) is 0 Å². The zero-order valence-electron chi connectivity index (χ0n) is 7.44. The van der Waals surface area contributed by atoms with Crippen LogP contribution in [-0.4, -0.2) is 11.0 Å². The van der Waals surface area contributed by atoms with Gasteiger partial charge in [-0.1, -0.05) is 0 Å². The Hall–Kier alpha value is -0.950. The number of hydrogen-bond acceptors (Lipinski definition) is 4. The Morgan fingerprint density at radius 3 is 3.13 bits per heavy atom. The van der Waals surface area contributed by atoms with E-state index in [2.05, 4.69) is 33.8 Å². The first kappa shape index (κ1) is 10.6. The summed E-state index contributed by atoms with van der Waals surface area (Å²) in [6.07, 6.45) is 4.22. The summed E-state index contributed by atoms with van der Waals surface area (Å²) in [6.45, 7) is 0. The van der Waals surface area contributed by atoms with Crippen molar-refractivity contribution in [2.45, 2.75) is 0 Å². The Labute approximate surface area is 104 Å². The van der Waals surface area contributed by atoms with Crippen LogP contribution in [0.5, 0.6) is 5.75 Å². The number of esters is 1. The fourth-order valence-electron chi connectivity index (χ4n) is 0.940. The maximum atomic E-state index is 11.6. The van der Waals surface area contributed by atoms with Crippen molar-refractivity contribution in [1.29, 1.82) is 0 Å². The first-order valence-corrected chi connectivity index (χ1v) is 6.05. The molecule has 2 heterocycles. The second kappa shape index (κ2) is 4.71. The second-order valence-corrected chi connectivity index (χ2v) is 4.59. The standard InChI is InChI=1S/C10H5INO2S/c11-8-5-12-3-1-9(8)14-10(13)7-2-4-15-6-7/h1-2,4-6H. The van der Waals surface area contributed by atoms with E-state index < -0.39 is 0 Å². The fraction of sp³-hybridized carbons (Fsp3) is 0. The van der Waals surface area contributed by atoms with E-state index in [1.807, 2.05) is 5.38 Å². The van der Waals surface area contributed by atoms with Crippen molar-refractivity contribution in [1.82, 2.24) is 4.98 Å². The van der Waals surface area contributed by atoms with Gasteiger partial charge in [-0.25, -0.2) is 4.79 Å². The van der Waals surface area contributed by atoms with E-state index in [1.165, 1.54) is 11.3 Å². The van der Waals surface area contributed by atoms with Crippen molar-refractivity contribution >= 4 is 39.9 Å². The van der Waals surface area contributed by atoms with Gasteiger partial charge in [0.15, 0.2) is 0 Å². The predicted octanol–water partition coefficient (Wildman–Crippen LogP) is 2.77. The lowest BCUT2D eigenvalue weighted by Gasteiger charge is -2.03. The van der Waals surface area contributed by atoms with E-state index in [4.69, 9.17) is 4.74 Å². The molecule has 0 aliphatic carbocycles. The zero-order chi connectivity index (χ0) is 10.7. The minimum atomic E-state index is -0.353. The second-order valence-electron chi connectivity index (χ2n) is 2.65. The average molecular weight is 330 g/mol. The molecule has 0 aliphatic heterocycles. The molecule has 0 fully saturated rings. The molecular formula is C10H5INO2S. The molecule has 2 rings (SSSR count). The van der Waals surface area contributed by atoms with E-state index in [9.17, 15) is 4.79 Å². The highest BCUT2D eigenvalue weighted by Gasteiger charge is 2.10. The van der Waals surface area contributed by atoms with Crippen LogP contribution in [0.15, 0.2) is 29.1 Å². The molecule has 0 bridgehead atoms. The Morgan fingerprint density at radius 1 is 1.60 bits per heavy atom. The molecule has 2 aromatic heterocycles. The van der Waals surface area contributed by atoms with Gasteiger partial charge in [-0.3, -0.25) is 4.98 Å². The van der Waals surface area contributed by atoms with Gasteiger partial charge in [0.05, 0.1) is 15.3 Å². The molecule has 3 nitrogen and oxygen atoms in total. The molecule has 5 heteroatoms. The molecule has 0 saturated carbocycles. The molecule has 2 aromatic rings. The summed E-state index contributed by atoms with van der Waals surface area (Å²) in [5, 5.41) is 3.58. The van der Waals surface area contributed by atoms with Crippen LogP contribution in [-0.2, 0) is 0 Å². The summed E-state index contributed by atoms with van der Waals surface area (Å²) in [5.41, 5.74) is 0.563. The normalized spacial score (nSPS) is 9.93. The van der Waals surface area contributed by atoms with Gasteiger partial charge < -0.3 is 4.74 Å². The molecule has 75 valence electrons. The summed E-state index contributed by atoms with van der Waals surface area (Å²) >= 11 is 3.51. The minimum Gasteiger partial charge on any atom is -0.422 e. The number of pyridine rings is 1. The number of hydrogen-bond donors (Lipinski definition) is 0. The molecule has 15 heavy (non-hydrogen) atoms. The number of aromatic nitrogens is 1. The van der Waals surface area contributed by atoms with Crippen molar-refractivity contribution in [3.05, 3.63) is 44.4 Å². The van der Waals surface area contributed by atoms with Crippen molar-refractivity contribution in [2.24, 2.45) is 0 Å². The lowest BCUT2D eigenvalue weighted by molar-refractivity contribution is 0.0734. The highest BCUT2D eigenvalue weighted by molar-refractivity contribution is 14.1. The fourth-order valence-corrected chi connectivity index (χ4v) is 1.97. The van der Waals surface area contributed by atoms with Crippen LogP contribution >= 0.6 is 33.9 Å². The lowest BCUT2D eigenvalue weighted by Crippen LogP contribution is -2.08. The van der Waals surface area contributed by atoms with E-state index >= 15 is 0 Å². The molecule has 0 N–H and O–H groups in total. The topological polar surface area (TPSA) is 39.2 Å². The Morgan fingerprint density at radius 2 is 2.47 bits per heavy atom. The molecule has 0 aromatic carbocycles. The zero-order valence-corrected chi connectivity index (χ0v) is 10.4. The van der Waals surface area contributed by atoms with Gasteiger partial charge in [0.1, 0.15) is 5.75 Å².